The Bertz CT molecular complexity index is 881. The molecule has 0 radical (unpaired) electrons. The molecule has 3 rings (SSSR count). The predicted molar refractivity (Wildman–Crippen MR) is 110 cm³/mol. The summed E-state index contributed by atoms with van der Waals surface area (Å²) >= 11 is 1.53. The Kier molecular flexibility index (Phi) is 7.58. The van der Waals surface area contributed by atoms with Gasteiger partial charge in [0.2, 0.25) is 0 Å². The number of hydrogen-bond donors (Lipinski definition) is 1. The van der Waals surface area contributed by atoms with Crippen LogP contribution in [0, 0.1) is 0 Å². The molecule has 1 N–H and O–H groups in total. The number of nitrogens with zero attached hydrogens (tertiary/aromatic N) is 1. The second-order valence-corrected chi connectivity index (χ2v) is 7.02. The molecule has 0 saturated carbocycles. The second-order valence-electron chi connectivity index (χ2n) is 6.30. The number of benzene rings is 2. The van der Waals surface area contributed by atoms with Crippen LogP contribution >= 0.6 is 11.3 Å². The lowest BCUT2D eigenvalue weighted by Crippen LogP contribution is -2.23. The quantitative estimate of drug-likeness (QED) is 0.510. The molecule has 1 heterocycles. The van der Waals surface area contributed by atoms with E-state index in [2.05, 4.69) is 17.2 Å². The number of amides is 1. The summed E-state index contributed by atoms with van der Waals surface area (Å²) in [4.78, 5) is 16.8. The van der Waals surface area contributed by atoms with Gasteiger partial charge in [0.05, 0.1) is 17.8 Å². The molecular formula is C22H24N2O3S. The molecule has 0 unspecified atom stereocenters. The van der Waals surface area contributed by atoms with Crippen molar-refractivity contribution < 1.29 is 14.3 Å². The smallest absolute Gasteiger partial charge is 0.251 e. The van der Waals surface area contributed by atoms with E-state index in [0.717, 1.165) is 29.8 Å². The largest absolute Gasteiger partial charge is 0.487 e. The number of carbonyl (C=O) groups excluding carboxylic acids is 1. The van der Waals surface area contributed by atoms with Gasteiger partial charge in [-0.2, -0.15) is 0 Å². The van der Waals surface area contributed by atoms with Crippen LogP contribution in [0.2, 0.25) is 0 Å². The summed E-state index contributed by atoms with van der Waals surface area (Å²) in [6.45, 7) is 4.21. The number of carbonyl (C=O) groups is 1. The third-order valence-corrected chi connectivity index (χ3v) is 4.77. The van der Waals surface area contributed by atoms with E-state index in [1.807, 2.05) is 41.8 Å². The highest BCUT2D eigenvalue weighted by molar-refractivity contribution is 7.07. The van der Waals surface area contributed by atoms with Gasteiger partial charge in [-0.05, 0) is 35.7 Å². The van der Waals surface area contributed by atoms with E-state index in [4.69, 9.17) is 9.47 Å². The number of nitrogens with one attached hydrogen (secondary N) is 1. The Labute approximate surface area is 169 Å². The molecule has 0 bridgehead atoms. The van der Waals surface area contributed by atoms with Gasteiger partial charge >= 0.3 is 0 Å². The molecule has 0 saturated heterocycles. The Morgan fingerprint density at radius 2 is 1.96 bits per heavy atom. The van der Waals surface area contributed by atoms with Crippen molar-refractivity contribution in [3.8, 4) is 5.75 Å². The van der Waals surface area contributed by atoms with Crippen LogP contribution in [0.3, 0.4) is 0 Å². The van der Waals surface area contributed by atoms with Crippen molar-refractivity contribution >= 4 is 17.2 Å². The molecular weight excluding hydrogens is 372 g/mol. The molecule has 28 heavy (non-hydrogen) atoms. The van der Waals surface area contributed by atoms with Crippen molar-refractivity contribution in [3.05, 3.63) is 81.8 Å². The molecule has 1 aromatic heterocycles. The summed E-state index contributed by atoms with van der Waals surface area (Å²) in [6, 6.07) is 15.2. The minimum Gasteiger partial charge on any atom is -0.487 e. The van der Waals surface area contributed by atoms with Gasteiger partial charge < -0.3 is 14.8 Å². The lowest BCUT2D eigenvalue weighted by molar-refractivity contribution is 0.0949. The van der Waals surface area contributed by atoms with E-state index in [-0.39, 0.29) is 5.91 Å². The number of thiazole rings is 1. The molecule has 1 amide bonds. The average Bonchev–Trinajstić information content (AvgIpc) is 3.25. The number of aromatic nitrogens is 1. The minimum atomic E-state index is -0.136. The molecule has 5 nitrogen and oxygen atoms in total. The number of ether oxygens (including phenoxy) is 2. The van der Waals surface area contributed by atoms with E-state index in [9.17, 15) is 4.79 Å². The zero-order valence-electron chi connectivity index (χ0n) is 15.9. The summed E-state index contributed by atoms with van der Waals surface area (Å²) in [5, 5.41) is 4.92. The first-order valence-corrected chi connectivity index (χ1v) is 10.2. The van der Waals surface area contributed by atoms with Gasteiger partial charge in [0.25, 0.3) is 5.91 Å². The van der Waals surface area contributed by atoms with Crippen LogP contribution in [0.5, 0.6) is 5.75 Å². The molecule has 0 aliphatic heterocycles. The highest BCUT2D eigenvalue weighted by Gasteiger charge is 2.09. The van der Waals surface area contributed by atoms with Crippen LogP contribution in [0.15, 0.2) is 59.4 Å². The van der Waals surface area contributed by atoms with Crippen LogP contribution in [-0.4, -0.2) is 17.5 Å². The van der Waals surface area contributed by atoms with Gasteiger partial charge in [-0.1, -0.05) is 37.3 Å². The molecule has 3 aromatic rings. The summed E-state index contributed by atoms with van der Waals surface area (Å²) in [7, 11) is 0. The third kappa shape index (κ3) is 5.90. The van der Waals surface area contributed by atoms with Crippen LogP contribution < -0.4 is 10.1 Å². The van der Waals surface area contributed by atoms with Crippen molar-refractivity contribution in [2.45, 2.75) is 33.1 Å². The Morgan fingerprint density at radius 1 is 1.11 bits per heavy atom. The molecule has 0 aliphatic rings. The fourth-order valence-electron chi connectivity index (χ4n) is 2.67. The van der Waals surface area contributed by atoms with Crippen molar-refractivity contribution in [3.63, 3.8) is 0 Å². The highest BCUT2D eigenvalue weighted by Crippen LogP contribution is 2.16. The first-order chi connectivity index (χ1) is 13.8. The number of rotatable bonds is 10. The molecule has 0 spiro atoms. The second kappa shape index (κ2) is 10.6. The maximum atomic E-state index is 12.6. The molecule has 146 valence electrons. The Morgan fingerprint density at radius 3 is 2.75 bits per heavy atom. The highest BCUT2D eigenvalue weighted by atomic mass is 32.1. The van der Waals surface area contributed by atoms with Gasteiger partial charge in [-0.15, -0.1) is 11.3 Å². The van der Waals surface area contributed by atoms with E-state index in [0.29, 0.717) is 31.1 Å². The third-order valence-electron chi connectivity index (χ3n) is 4.13. The topological polar surface area (TPSA) is 60.5 Å². The van der Waals surface area contributed by atoms with Crippen molar-refractivity contribution in [2.24, 2.45) is 0 Å². The Hall–Kier alpha value is -2.70. The van der Waals surface area contributed by atoms with Crippen molar-refractivity contribution in [1.29, 1.82) is 0 Å². The first-order valence-electron chi connectivity index (χ1n) is 9.29. The Balaban J connectivity index is 1.57. The monoisotopic (exact) mass is 396 g/mol. The van der Waals surface area contributed by atoms with Crippen LogP contribution in [0.25, 0.3) is 0 Å². The average molecular weight is 397 g/mol. The van der Waals surface area contributed by atoms with Gasteiger partial charge in [-0.3, -0.25) is 4.79 Å². The van der Waals surface area contributed by atoms with Crippen LogP contribution in [0.4, 0.5) is 0 Å². The van der Waals surface area contributed by atoms with Crippen molar-refractivity contribution in [1.82, 2.24) is 10.3 Å². The zero-order chi connectivity index (χ0) is 19.6. The summed E-state index contributed by atoms with van der Waals surface area (Å²) < 4.78 is 11.4. The van der Waals surface area contributed by atoms with E-state index in [1.165, 1.54) is 11.3 Å². The van der Waals surface area contributed by atoms with Gasteiger partial charge in [0.1, 0.15) is 12.4 Å². The first kappa shape index (κ1) is 20.0. The zero-order valence-corrected chi connectivity index (χ0v) is 16.7. The summed E-state index contributed by atoms with van der Waals surface area (Å²) in [5.74, 6) is 0.511. The number of hydrogen-bond acceptors (Lipinski definition) is 5. The van der Waals surface area contributed by atoms with E-state index < -0.39 is 0 Å². The van der Waals surface area contributed by atoms with Gasteiger partial charge in [0.15, 0.2) is 0 Å². The normalized spacial score (nSPS) is 10.6. The van der Waals surface area contributed by atoms with Gasteiger partial charge in [0, 0.05) is 24.1 Å². The van der Waals surface area contributed by atoms with E-state index in [1.54, 1.807) is 17.6 Å². The fourth-order valence-corrected chi connectivity index (χ4v) is 3.21. The van der Waals surface area contributed by atoms with Crippen molar-refractivity contribution in [2.75, 3.05) is 6.61 Å². The molecule has 0 fully saturated rings. The van der Waals surface area contributed by atoms with Gasteiger partial charge in [-0.25, -0.2) is 4.98 Å². The van der Waals surface area contributed by atoms with Crippen LogP contribution in [0.1, 0.15) is 40.5 Å². The maximum Gasteiger partial charge on any atom is 0.251 e. The molecule has 2 aromatic carbocycles. The lowest BCUT2D eigenvalue weighted by atomic mass is 10.1. The standard InChI is InChI=1S/C22H24N2O3S/c1-2-10-26-13-19-7-4-3-6-18(19)12-23-22(25)17-8-5-9-21(11-17)27-14-20-15-28-16-24-20/h3-9,11,15-16H,2,10,12-14H2,1H3,(H,23,25). The predicted octanol–water partition coefficient (Wildman–Crippen LogP) is 4.58. The SMILES string of the molecule is CCCOCc1ccccc1CNC(=O)c1cccc(OCc2cscn2)c1. The van der Waals surface area contributed by atoms with Crippen LogP contribution in [-0.2, 0) is 24.5 Å². The lowest BCUT2D eigenvalue weighted by Gasteiger charge is -2.12. The van der Waals surface area contributed by atoms with E-state index >= 15 is 0 Å². The summed E-state index contributed by atoms with van der Waals surface area (Å²) in [5.41, 5.74) is 5.37. The molecule has 6 heteroatoms. The maximum absolute atomic E-state index is 12.6. The molecule has 0 atom stereocenters. The fraction of sp³-hybridized carbons (Fsp3) is 0.273. The summed E-state index contributed by atoms with van der Waals surface area (Å²) in [6.07, 6.45) is 0.986. The molecule has 0 aliphatic carbocycles. The minimum absolute atomic E-state index is 0.136.